The van der Waals surface area contributed by atoms with E-state index in [2.05, 4.69) is 15.8 Å². The SMILES string of the molecule is CC(C)(C)C=CC(=O)NC(C(=O)C(=O)NN=C1SCCN1CCO)C1CCCCC1. The number of hydrogen-bond donors (Lipinski definition) is 3. The number of ketones is 1. The number of rotatable bonds is 8. The van der Waals surface area contributed by atoms with Gasteiger partial charge in [-0.15, -0.1) is 5.10 Å². The van der Waals surface area contributed by atoms with Crippen molar-refractivity contribution in [2.45, 2.75) is 58.9 Å². The molecule has 2 rings (SSSR count). The van der Waals surface area contributed by atoms with Crippen LogP contribution < -0.4 is 10.7 Å². The van der Waals surface area contributed by atoms with Crippen molar-refractivity contribution in [3.8, 4) is 0 Å². The second-order valence-electron chi connectivity index (χ2n) is 8.84. The van der Waals surface area contributed by atoms with Gasteiger partial charge in [0.15, 0.2) is 5.17 Å². The van der Waals surface area contributed by atoms with E-state index in [0.29, 0.717) is 11.7 Å². The molecule has 1 aliphatic carbocycles. The average Bonchev–Trinajstić information content (AvgIpc) is 3.15. The lowest BCUT2D eigenvalue weighted by molar-refractivity contribution is -0.140. The van der Waals surface area contributed by atoms with E-state index in [9.17, 15) is 14.4 Å². The third-order valence-corrected chi connectivity index (χ3v) is 6.14. The Kier molecular flexibility index (Phi) is 9.36. The number of Topliss-reactive ketones (excluding diaryl/α,β-unsaturated/α-hetero) is 1. The van der Waals surface area contributed by atoms with Gasteiger partial charge in [0, 0.05) is 18.8 Å². The van der Waals surface area contributed by atoms with Crippen molar-refractivity contribution in [3.05, 3.63) is 12.2 Å². The van der Waals surface area contributed by atoms with Crippen LogP contribution in [0.3, 0.4) is 0 Å². The van der Waals surface area contributed by atoms with Gasteiger partial charge in [-0.05, 0) is 30.3 Å². The number of hydrogen-bond acceptors (Lipinski definition) is 6. The Morgan fingerprint density at radius 1 is 1.27 bits per heavy atom. The molecule has 2 fully saturated rings. The molecule has 2 aliphatic rings. The molecule has 0 spiro atoms. The summed E-state index contributed by atoms with van der Waals surface area (Å²) in [6.45, 7) is 7.09. The predicted molar refractivity (Wildman–Crippen MR) is 119 cm³/mol. The van der Waals surface area contributed by atoms with Gasteiger partial charge < -0.3 is 15.3 Å². The van der Waals surface area contributed by atoms with Crippen LogP contribution in [-0.2, 0) is 14.4 Å². The van der Waals surface area contributed by atoms with Gasteiger partial charge in [0.25, 0.3) is 0 Å². The van der Waals surface area contributed by atoms with Gasteiger partial charge in [0.2, 0.25) is 11.7 Å². The first-order valence-corrected chi connectivity index (χ1v) is 11.6. The second-order valence-corrected chi connectivity index (χ2v) is 9.90. The van der Waals surface area contributed by atoms with Crippen LogP contribution in [0.25, 0.3) is 0 Å². The van der Waals surface area contributed by atoms with E-state index >= 15 is 0 Å². The lowest BCUT2D eigenvalue weighted by atomic mass is 9.82. The molecule has 3 N–H and O–H groups in total. The molecule has 0 bridgehead atoms. The molecule has 8 nitrogen and oxygen atoms in total. The lowest BCUT2D eigenvalue weighted by Crippen LogP contribution is -2.51. The molecule has 0 aromatic rings. The van der Waals surface area contributed by atoms with Gasteiger partial charge in [-0.3, -0.25) is 14.4 Å². The van der Waals surface area contributed by atoms with Gasteiger partial charge >= 0.3 is 5.91 Å². The number of aliphatic hydroxyl groups is 1. The molecule has 1 saturated carbocycles. The lowest BCUT2D eigenvalue weighted by Gasteiger charge is -2.29. The van der Waals surface area contributed by atoms with Crippen LogP contribution in [0.4, 0.5) is 0 Å². The van der Waals surface area contributed by atoms with Crippen LogP contribution in [0.2, 0.25) is 0 Å². The number of thioether (sulfide) groups is 1. The minimum atomic E-state index is -0.854. The van der Waals surface area contributed by atoms with E-state index < -0.39 is 17.7 Å². The molecule has 1 atom stereocenters. The summed E-state index contributed by atoms with van der Waals surface area (Å²) in [7, 11) is 0. The fourth-order valence-electron chi connectivity index (χ4n) is 3.55. The maximum Gasteiger partial charge on any atom is 0.309 e. The Labute approximate surface area is 182 Å². The molecule has 1 saturated heterocycles. The molecule has 168 valence electrons. The first kappa shape index (κ1) is 24.4. The highest BCUT2D eigenvalue weighted by atomic mass is 32.2. The summed E-state index contributed by atoms with van der Waals surface area (Å²) < 4.78 is 0. The van der Waals surface area contributed by atoms with E-state index in [1.165, 1.54) is 17.8 Å². The van der Waals surface area contributed by atoms with E-state index in [1.54, 1.807) is 6.08 Å². The fourth-order valence-corrected chi connectivity index (χ4v) is 4.52. The number of hydrazone groups is 1. The van der Waals surface area contributed by atoms with Crippen LogP contribution in [0.15, 0.2) is 17.3 Å². The molecule has 9 heteroatoms. The largest absolute Gasteiger partial charge is 0.395 e. The zero-order chi connectivity index (χ0) is 22.1. The average molecular weight is 439 g/mol. The van der Waals surface area contributed by atoms with Crippen LogP contribution in [0.5, 0.6) is 0 Å². The third kappa shape index (κ3) is 7.75. The maximum absolute atomic E-state index is 12.9. The molecule has 0 radical (unpaired) electrons. The molecule has 0 aromatic carbocycles. The zero-order valence-electron chi connectivity index (χ0n) is 18.1. The standard InChI is InChI=1S/C21H34N4O4S/c1-21(2,3)10-9-16(27)22-17(15-7-5-4-6-8-15)18(28)19(29)23-24-20-25(11-13-26)12-14-30-20/h9-10,15,17,26H,4-8,11-14H2,1-3H3,(H,22,27)(H,23,29). The van der Waals surface area contributed by atoms with E-state index in [-0.39, 0.29) is 23.8 Å². The molecule has 1 unspecified atom stereocenters. The van der Waals surface area contributed by atoms with Crippen molar-refractivity contribution in [2.24, 2.45) is 16.4 Å². The number of allylic oxidation sites excluding steroid dienone is 1. The number of amides is 2. The Morgan fingerprint density at radius 2 is 1.97 bits per heavy atom. The molecule has 0 aromatic heterocycles. The minimum Gasteiger partial charge on any atom is -0.395 e. The summed E-state index contributed by atoms with van der Waals surface area (Å²) >= 11 is 1.46. The number of aliphatic hydroxyl groups excluding tert-OH is 1. The monoisotopic (exact) mass is 438 g/mol. The maximum atomic E-state index is 12.9. The Bertz CT molecular complexity index is 681. The molecular formula is C21H34N4O4S. The first-order valence-electron chi connectivity index (χ1n) is 10.6. The Balaban J connectivity index is 2.06. The highest BCUT2D eigenvalue weighted by Gasteiger charge is 2.34. The quantitative estimate of drug-likeness (QED) is 0.302. The summed E-state index contributed by atoms with van der Waals surface area (Å²) in [4.78, 5) is 39.7. The van der Waals surface area contributed by atoms with E-state index in [0.717, 1.165) is 44.4 Å². The summed E-state index contributed by atoms with van der Waals surface area (Å²) in [5, 5.41) is 16.5. The van der Waals surface area contributed by atoms with Crippen molar-refractivity contribution >= 4 is 34.5 Å². The molecule has 1 aliphatic heterocycles. The normalized spacial score (nSPS) is 20.5. The smallest absolute Gasteiger partial charge is 0.309 e. The fraction of sp³-hybridized carbons (Fsp3) is 0.714. The van der Waals surface area contributed by atoms with E-state index in [4.69, 9.17) is 5.11 Å². The number of nitrogens with zero attached hydrogens (tertiary/aromatic N) is 2. The van der Waals surface area contributed by atoms with Crippen LogP contribution in [-0.4, -0.2) is 64.3 Å². The molecular weight excluding hydrogens is 404 g/mol. The topological polar surface area (TPSA) is 111 Å². The van der Waals surface area contributed by atoms with Crippen molar-refractivity contribution in [3.63, 3.8) is 0 Å². The third-order valence-electron chi connectivity index (χ3n) is 5.15. The molecule has 1 heterocycles. The van der Waals surface area contributed by atoms with Gasteiger partial charge in [-0.1, -0.05) is 57.9 Å². The van der Waals surface area contributed by atoms with Gasteiger partial charge in [0.1, 0.15) is 6.04 Å². The van der Waals surface area contributed by atoms with Crippen molar-refractivity contribution in [1.82, 2.24) is 15.6 Å². The number of nitrogens with one attached hydrogen (secondary N) is 2. The van der Waals surface area contributed by atoms with Crippen LogP contribution in [0.1, 0.15) is 52.9 Å². The van der Waals surface area contributed by atoms with Gasteiger partial charge in [0.05, 0.1) is 6.61 Å². The second kappa shape index (κ2) is 11.5. The Morgan fingerprint density at radius 3 is 2.60 bits per heavy atom. The summed E-state index contributed by atoms with van der Waals surface area (Å²) in [5.74, 6) is -1.10. The Hall–Kier alpha value is -1.87. The molecule has 2 amide bonds. The number of carbonyl (C=O) groups excluding carboxylic acids is 3. The van der Waals surface area contributed by atoms with Crippen LogP contribution >= 0.6 is 11.8 Å². The van der Waals surface area contributed by atoms with Gasteiger partial charge in [-0.25, -0.2) is 5.43 Å². The van der Waals surface area contributed by atoms with Crippen molar-refractivity contribution in [2.75, 3.05) is 25.4 Å². The minimum absolute atomic E-state index is 0.00960. The van der Waals surface area contributed by atoms with E-state index in [1.807, 2.05) is 25.7 Å². The molecule has 30 heavy (non-hydrogen) atoms. The van der Waals surface area contributed by atoms with Crippen molar-refractivity contribution < 1.29 is 19.5 Å². The summed E-state index contributed by atoms with van der Waals surface area (Å²) in [6.07, 6.45) is 7.90. The van der Waals surface area contributed by atoms with Gasteiger partial charge in [-0.2, -0.15) is 0 Å². The number of amidine groups is 1. The number of β-amino-alcohol motifs (C(OH)–C–C–N with tert-alkyl or cyclic N) is 1. The highest BCUT2D eigenvalue weighted by Crippen LogP contribution is 2.27. The first-order chi connectivity index (χ1) is 14.2. The van der Waals surface area contributed by atoms with Crippen molar-refractivity contribution in [1.29, 1.82) is 0 Å². The number of carbonyl (C=O) groups is 3. The zero-order valence-corrected chi connectivity index (χ0v) is 19.0. The summed E-state index contributed by atoms with van der Waals surface area (Å²) in [6, 6.07) is -0.854. The summed E-state index contributed by atoms with van der Waals surface area (Å²) in [5.41, 5.74) is 2.19. The van der Waals surface area contributed by atoms with Crippen LogP contribution in [0, 0.1) is 11.3 Å². The predicted octanol–water partition coefficient (Wildman–Crippen LogP) is 1.65. The highest BCUT2D eigenvalue weighted by molar-refractivity contribution is 8.14.